The molecule has 1 heterocycles. The van der Waals surface area contributed by atoms with E-state index in [-0.39, 0.29) is 16.8 Å². The first-order valence-corrected chi connectivity index (χ1v) is 9.27. The Morgan fingerprint density at radius 1 is 1.36 bits per heavy atom. The fourth-order valence-corrected chi connectivity index (χ4v) is 4.19. The van der Waals surface area contributed by atoms with E-state index in [1.807, 2.05) is 20.8 Å². The molecule has 0 spiro atoms. The number of nitrogens with one attached hydrogen (secondary N) is 1. The fourth-order valence-electron chi connectivity index (χ4n) is 2.83. The number of rotatable bonds is 6. The lowest BCUT2D eigenvalue weighted by atomic mass is 10.2. The molecule has 1 fully saturated rings. The highest BCUT2D eigenvalue weighted by atomic mass is 32.2. The monoisotopic (exact) mass is 324 g/mol. The Labute approximate surface area is 132 Å². The van der Waals surface area contributed by atoms with Crippen LogP contribution >= 0.6 is 0 Å². The first-order valence-electron chi connectivity index (χ1n) is 7.78. The van der Waals surface area contributed by atoms with Gasteiger partial charge in [0.05, 0.1) is 4.90 Å². The maximum Gasteiger partial charge on any atom is 0.240 e. The Hall–Kier alpha value is -1.40. The van der Waals surface area contributed by atoms with Crippen molar-refractivity contribution >= 4 is 21.6 Å². The van der Waals surface area contributed by atoms with Crippen molar-refractivity contribution in [3.63, 3.8) is 0 Å². The molecule has 0 aliphatic carbocycles. The summed E-state index contributed by atoms with van der Waals surface area (Å²) in [5.74, 6) is 0.105. The highest BCUT2D eigenvalue weighted by Crippen LogP contribution is 2.27. The molecule has 1 aromatic rings. The average molecular weight is 324 g/mol. The number of benzene rings is 1. The van der Waals surface area contributed by atoms with Crippen LogP contribution in [0.1, 0.15) is 45.1 Å². The minimum atomic E-state index is -3.51. The van der Waals surface area contributed by atoms with Crippen LogP contribution in [0.5, 0.6) is 0 Å². The summed E-state index contributed by atoms with van der Waals surface area (Å²) < 4.78 is 27.4. The summed E-state index contributed by atoms with van der Waals surface area (Å²) in [5, 5.41) is 0. The molecule has 1 aromatic carbocycles. The highest BCUT2D eigenvalue weighted by molar-refractivity contribution is 7.89. The number of anilines is 1. The Morgan fingerprint density at radius 3 is 2.64 bits per heavy atom. The molecule has 1 unspecified atom stereocenters. The van der Waals surface area contributed by atoms with Gasteiger partial charge in [0, 0.05) is 24.7 Å². The molecule has 122 valence electrons. The number of carbonyl (C=O) groups is 1. The van der Waals surface area contributed by atoms with Crippen LogP contribution in [0.25, 0.3) is 0 Å². The zero-order valence-electron chi connectivity index (χ0n) is 13.4. The van der Waals surface area contributed by atoms with E-state index >= 15 is 0 Å². The van der Waals surface area contributed by atoms with Gasteiger partial charge in [0.15, 0.2) is 0 Å². The molecule has 1 amide bonds. The van der Waals surface area contributed by atoms with Crippen molar-refractivity contribution in [1.29, 1.82) is 0 Å². The van der Waals surface area contributed by atoms with E-state index in [0.29, 0.717) is 13.0 Å². The minimum Gasteiger partial charge on any atom is -0.312 e. The topological polar surface area (TPSA) is 66.5 Å². The molecule has 1 saturated heterocycles. The molecule has 0 aromatic heterocycles. The molecule has 5 nitrogen and oxygen atoms in total. The van der Waals surface area contributed by atoms with Gasteiger partial charge >= 0.3 is 0 Å². The van der Waals surface area contributed by atoms with Crippen molar-refractivity contribution in [2.24, 2.45) is 0 Å². The second-order valence-corrected chi connectivity index (χ2v) is 7.62. The first kappa shape index (κ1) is 17.0. The van der Waals surface area contributed by atoms with Gasteiger partial charge in [0.2, 0.25) is 15.9 Å². The molecule has 0 radical (unpaired) electrons. The van der Waals surface area contributed by atoms with E-state index in [9.17, 15) is 13.2 Å². The van der Waals surface area contributed by atoms with Gasteiger partial charge in [0.1, 0.15) is 0 Å². The van der Waals surface area contributed by atoms with Crippen LogP contribution in [0.15, 0.2) is 23.1 Å². The van der Waals surface area contributed by atoms with Gasteiger partial charge in [-0.1, -0.05) is 13.3 Å². The van der Waals surface area contributed by atoms with Crippen molar-refractivity contribution in [3.8, 4) is 0 Å². The molecule has 22 heavy (non-hydrogen) atoms. The summed E-state index contributed by atoms with van der Waals surface area (Å²) in [5.41, 5.74) is 1.62. The van der Waals surface area contributed by atoms with Gasteiger partial charge in [0.25, 0.3) is 0 Å². The van der Waals surface area contributed by atoms with Crippen LogP contribution in [0.2, 0.25) is 0 Å². The quantitative estimate of drug-likeness (QED) is 0.874. The molecule has 1 aliphatic rings. The average Bonchev–Trinajstić information content (AvgIpc) is 2.84. The molecule has 2 rings (SSSR count). The fraction of sp³-hybridized carbons (Fsp3) is 0.562. The number of nitrogens with zero attached hydrogens (tertiary/aromatic N) is 1. The number of sulfonamides is 1. The van der Waals surface area contributed by atoms with Crippen LogP contribution < -0.4 is 9.62 Å². The molecule has 1 N–H and O–H groups in total. The van der Waals surface area contributed by atoms with E-state index in [1.54, 1.807) is 23.1 Å². The number of hydrogen-bond donors (Lipinski definition) is 1. The van der Waals surface area contributed by atoms with Crippen LogP contribution in [-0.2, 0) is 14.8 Å². The third kappa shape index (κ3) is 3.67. The Bertz CT molecular complexity index is 655. The first-order chi connectivity index (χ1) is 10.3. The Balaban J connectivity index is 2.23. The zero-order valence-corrected chi connectivity index (χ0v) is 14.2. The van der Waals surface area contributed by atoms with E-state index in [2.05, 4.69) is 4.72 Å². The molecule has 0 bridgehead atoms. The lowest BCUT2D eigenvalue weighted by molar-refractivity contribution is -0.117. The van der Waals surface area contributed by atoms with Crippen molar-refractivity contribution in [2.75, 3.05) is 11.4 Å². The third-order valence-corrected chi connectivity index (χ3v) is 5.51. The number of aryl methyl sites for hydroxylation is 1. The van der Waals surface area contributed by atoms with Gasteiger partial charge in [-0.25, -0.2) is 13.1 Å². The Morgan fingerprint density at radius 2 is 2.09 bits per heavy atom. The van der Waals surface area contributed by atoms with Crippen molar-refractivity contribution in [1.82, 2.24) is 4.72 Å². The number of amides is 1. The summed E-state index contributed by atoms with van der Waals surface area (Å²) in [4.78, 5) is 13.8. The van der Waals surface area contributed by atoms with Crippen molar-refractivity contribution in [3.05, 3.63) is 23.8 Å². The third-order valence-electron chi connectivity index (χ3n) is 3.92. The largest absolute Gasteiger partial charge is 0.312 e. The smallest absolute Gasteiger partial charge is 0.240 e. The van der Waals surface area contributed by atoms with Gasteiger partial charge < -0.3 is 4.90 Å². The van der Waals surface area contributed by atoms with E-state index in [0.717, 1.165) is 30.5 Å². The van der Waals surface area contributed by atoms with E-state index < -0.39 is 10.0 Å². The summed E-state index contributed by atoms with van der Waals surface area (Å²) >= 11 is 0. The van der Waals surface area contributed by atoms with Crippen LogP contribution in [-0.4, -0.2) is 26.9 Å². The molecule has 1 atom stereocenters. The van der Waals surface area contributed by atoms with Gasteiger partial charge in [-0.15, -0.1) is 0 Å². The lowest BCUT2D eigenvalue weighted by Crippen LogP contribution is -2.32. The van der Waals surface area contributed by atoms with E-state index in [1.165, 1.54) is 0 Å². The lowest BCUT2D eigenvalue weighted by Gasteiger charge is -2.19. The minimum absolute atomic E-state index is 0.0878. The second-order valence-electron chi connectivity index (χ2n) is 5.91. The van der Waals surface area contributed by atoms with Crippen molar-refractivity contribution in [2.45, 2.75) is 57.4 Å². The maximum absolute atomic E-state index is 12.4. The number of hydrogen-bond acceptors (Lipinski definition) is 3. The Kier molecular flexibility index (Phi) is 5.24. The van der Waals surface area contributed by atoms with Crippen LogP contribution in [0.3, 0.4) is 0 Å². The molecule has 0 saturated carbocycles. The molecular weight excluding hydrogens is 300 g/mol. The van der Waals surface area contributed by atoms with E-state index in [4.69, 9.17) is 0 Å². The summed E-state index contributed by atoms with van der Waals surface area (Å²) in [6, 6.07) is 4.87. The van der Waals surface area contributed by atoms with Crippen LogP contribution in [0, 0.1) is 6.92 Å². The van der Waals surface area contributed by atoms with Crippen LogP contribution in [0.4, 0.5) is 5.69 Å². The van der Waals surface area contributed by atoms with Gasteiger partial charge in [-0.05, 0) is 50.5 Å². The predicted octanol–water partition coefficient (Wildman–Crippen LogP) is 2.59. The highest BCUT2D eigenvalue weighted by Gasteiger charge is 2.24. The SMILES string of the molecule is CCCC(C)NS(=O)(=O)c1ccc(N2CCCC2=O)c(C)c1. The summed E-state index contributed by atoms with van der Waals surface area (Å²) in [7, 11) is -3.51. The summed E-state index contributed by atoms with van der Waals surface area (Å²) in [6.07, 6.45) is 3.15. The maximum atomic E-state index is 12.4. The van der Waals surface area contributed by atoms with Crippen molar-refractivity contribution < 1.29 is 13.2 Å². The molecular formula is C16H24N2O3S. The molecule has 6 heteroatoms. The molecule has 1 aliphatic heterocycles. The zero-order chi connectivity index (χ0) is 16.3. The summed E-state index contributed by atoms with van der Waals surface area (Å²) in [6.45, 7) is 6.44. The normalized spacial score (nSPS) is 17.0. The predicted molar refractivity (Wildman–Crippen MR) is 87.5 cm³/mol. The second kappa shape index (κ2) is 6.79. The number of carbonyl (C=O) groups excluding carboxylic acids is 1. The standard InChI is InChI=1S/C16H24N2O3S/c1-4-6-13(3)17-22(20,21)14-8-9-15(12(2)11-14)18-10-5-7-16(18)19/h8-9,11,13,17H,4-7,10H2,1-3H3. The van der Waals surface area contributed by atoms with Gasteiger partial charge in [-0.3, -0.25) is 4.79 Å². The van der Waals surface area contributed by atoms with Gasteiger partial charge in [-0.2, -0.15) is 0 Å².